The Hall–Kier alpha value is -1.02. The maximum Gasteiger partial charge on any atom is 0.122 e. The minimum absolute atomic E-state index is 0.296. The van der Waals surface area contributed by atoms with Gasteiger partial charge in [0.15, 0.2) is 0 Å². The van der Waals surface area contributed by atoms with Crippen molar-refractivity contribution < 1.29 is 4.74 Å². The monoisotopic (exact) mass is 205 g/mol. The van der Waals surface area contributed by atoms with Crippen molar-refractivity contribution in [1.82, 2.24) is 0 Å². The van der Waals surface area contributed by atoms with E-state index >= 15 is 0 Å². The molecule has 2 heteroatoms. The Kier molecular flexibility index (Phi) is 2.96. The summed E-state index contributed by atoms with van der Waals surface area (Å²) in [6, 6.07) is 8.62. The van der Waals surface area contributed by atoms with Crippen molar-refractivity contribution in [2.24, 2.45) is 11.7 Å². The van der Waals surface area contributed by atoms with E-state index in [0.717, 1.165) is 12.4 Å². The van der Waals surface area contributed by atoms with Crippen LogP contribution in [0.2, 0.25) is 0 Å². The van der Waals surface area contributed by atoms with E-state index in [9.17, 15) is 0 Å². The molecular formula is C13H19NO. The van der Waals surface area contributed by atoms with Gasteiger partial charge >= 0.3 is 0 Å². The Morgan fingerprint density at radius 2 is 2.20 bits per heavy atom. The number of benzene rings is 1. The van der Waals surface area contributed by atoms with Gasteiger partial charge in [0.1, 0.15) is 5.75 Å². The van der Waals surface area contributed by atoms with Gasteiger partial charge in [-0.3, -0.25) is 0 Å². The van der Waals surface area contributed by atoms with Crippen molar-refractivity contribution in [2.75, 3.05) is 6.61 Å². The van der Waals surface area contributed by atoms with Gasteiger partial charge < -0.3 is 10.5 Å². The van der Waals surface area contributed by atoms with E-state index in [1.54, 1.807) is 0 Å². The Balaban J connectivity index is 2.15. The molecule has 0 aliphatic heterocycles. The maximum absolute atomic E-state index is 5.91. The quantitative estimate of drug-likeness (QED) is 0.819. The highest BCUT2D eigenvalue weighted by Crippen LogP contribution is 2.51. The van der Waals surface area contributed by atoms with Crippen molar-refractivity contribution in [2.45, 2.75) is 32.2 Å². The minimum atomic E-state index is 0.296. The second-order valence-electron chi connectivity index (χ2n) is 4.34. The topological polar surface area (TPSA) is 35.2 Å². The zero-order valence-electron chi connectivity index (χ0n) is 9.44. The molecule has 0 heterocycles. The second-order valence-corrected chi connectivity index (χ2v) is 4.34. The van der Waals surface area contributed by atoms with E-state index in [-0.39, 0.29) is 0 Å². The molecule has 0 saturated heterocycles. The summed E-state index contributed by atoms with van der Waals surface area (Å²) in [6.45, 7) is 4.84. The van der Waals surface area contributed by atoms with Gasteiger partial charge in [0.05, 0.1) is 6.61 Å². The van der Waals surface area contributed by atoms with Crippen LogP contribution in [-0.4, -0.2) is 12.6 Å². The van der Waals surface area contributed by atoms with E-state index in [2.05, 4.69) is 25.1 Å². The number of ether oxygens (including phenoxy) is 1. The summed E-state index contributed by atoms with van der Waals surface area (Å²) >= 11 is 0. The van der Waals surface area contributed by atoms with Crippen LogP contribution in [0.25, 0.3) is 0 Å². The first-order valence-corrected chi connectivity index (χ1v) is 5.71. The Morgan fingerprint density at radius 1 is 1.47 bits per heavy atom. The van der Waals surface area contributed by atoms with Gasteiger partial charge in [-0.1, -0.05) is 18.2 Å². The van der Waals surface area contributed by atoms with E-state index < -0.39 is 0 Å². The molecule has 3 atom stereocenters. The number of para-hydroxylation sites is 1. The average molecular weight is 205 g/mol. The lowest BCUT2D eigenvalue weighted by Gasteiger charge is -2.10. The summed E-state index contributed by atoms with van der Waals surface area (Å²) in [4.78, 5) is 0. The molecule has 1 saturated carbocycles. The van der Waals surface area contributed by atoms with Crippen LogP contribution < -0.4 is 10.5 Å². The molecule has 2 N–H and O–H groups in total. The van der Waals surface area contributed by atoms with Gasteiger partial charge in [-0.2, -0.15) is 0 Å². The van der Waals surface area contributed by atoms with Crippen LogP contribution in [0.15, 0.2) is 24.3 Å². The second kappa shape index (κ2) is 4.23. The molecule has 1 fully saturated rings. The first-order valence-electron chi connectivity index (χ1n) is 5.71. The third-order valence-corrected chi connectivity index (χ3v) is 3.13. The Labute approximate surface area is 91.4 Å². The molecule has 15 heavy (non-hydrogen) atoms. The highest BCUT2D eigenvalue weighted by Gasteiger charge is 2.42. The third-order valence-electron chi connectivity index (χ3n) is 3.13. The zero-order valence-corrected chi connectivity index (χ0v) is 9.44. The van der Waals surface area contributed by atoms with Gasteiger partial charge in [-0.15, -0.1) is 0 Å². The molecule has 0 unspecified atom stereocenters. The standard InChI is InChI=1S/C13H19NO/c1-3-15-13-7-5-4-6-10(13)12-8-11(12)9(2)14/h4-7,9,11-12H,3,8,14H2,1-2H3/t9-,11+,12+/m1/s1. The molecule has 2 nitrogen and oxygen atoms in total. The van der Waals surface area contributed by atoms with E-state index in [1.165, 1.54) is 12.0 Å². The van der Waals surface area contributed by atoms with Gasteiger partial charge in [0, 0.05) is 6.04 Å². The molecule has 0 radical (unpaired) electrons. The highest BCUT2D eigenvalue weighted by molar-refractivity contribution is 5.40. The number of hydrogen-bond donors (Lipinski definition) is 1. The molecule has 1 aliphatic carbocycles. The summed E-state index contributed by atoms with van der Waals surface area (Å²) in [6.07, 6.45) is 1.21. The molecule has 82 valence electrons. The average Bonchev–Trinajstić information content (AvgIpc) is 2.99. The Morgan fingerprint density at radius 3 is 2.80 bits per heavy atom. The number of hydrogen-bond acceptors (Lipinski definition) is 2. The molecular weight excluding hydrogens is 186 g/mol. The van der Waals surface area contributed by atoms with Crippen LogP contribution in [0.4, 0.5) is 0 Å². The predicted molar refractivity (Wildman–Crippen MR) is 62.1 cm³/mol. The van der Waals surface area contributed by atoms with Crippen molar-refractivity contribution in [1.29, 1.82) is 0 Å². The Bertz CT molecular complexity index is 335. The summed E-state index contributed by atoms with van der Waals surface area (Å²) in [5, 5.41) is 0. The molecule has 0 amide bonds. The van der Waals surface area contributed by atoms with Crippen LogP contribution in [0.3, 0.4) is 0 Å². The van der Waals surface area contributed by atoms with Gasteiger partial charge in [0.25, 0.3) is 0 Å². The fourth-order valence-electron chi connectivity index (χ4n) is 2.23. The van der Waals surface area contributed by atoms with Crippen LogP contribution in [0.5, 0.6) is 5.75 Å². The molecule has 0 spiro atoms. The first kappa shape index (κ1) is 10.5. The summed E-state index contributed by atoms with van der Waals surface area (Å²) in [7, 11) is 0. The SMILES string of the molecule is CCOc1ccccc1[C@@H]1C[C@H]1[C@@H](C)N. The lowest BCUT2D eigenvalue weighted by molar-refractivity contribution is 0.336. The van der Waals surface area contributed by atoms with Gasteiger partial charge in [0.2, 0.25) is 0 Å². The summed E-state index contributed by atoms with van der Waals surface area (Å²) < 4.78 is 5.63. The lowest BCUT2D eigenvalue weighted by atomic mass is 10.1. The number of nitrogens with two attached hydrogens (primary N) is 1. The van der Waals surface area contributed by atoms with Crippen LogP contribution in [0, 0.1) is 5.92 Å². The molecule has 1 aromatic carbocycles. The van der Waals surface area contributed by atoms with E-state index in [0.29, 0.717) is 17.9 Å². The largest absolute Gasteiger partial charge is 0.494 e. The van der Waals surface area contributed by atoms with E-state index in [1.807, 2.05) is 13.0 Å². The van der Waals surface area contributed by atoms with Crippen LogP contribution in [-0.2, 0) is 0 Å². The van der Waals surface area contributed by atoms with Gasteiger partial charge in [-0.05, 0) is 43.7 Å². The molecule has 1 aromatic rings. The molecule has 0 bridgehead atoms. The predicted octanol–water partition coefficient (Wildman–Crippen LogP) is 2.54. The molecule has 1 aliphatic rings. The van der Waals surface area contributed by atoms with Crippen molar-refractivity contribution in [3.63, 3.8) is 0 Å². The third kappa shape index (κ3) is 2.15. The molecule has 2 rings (SSSR count). The highest BCUT2D eigenvalue weighted by atomic mass is 16.5. The van der Waals surface area contributed by atoms with Crippen molar-refractivity contribution in [3.8, 4) is 5.75 Å². The van der Waals surface area contributed by atoms with E-state index in [4.69, 9.17) is 10.5 Å². The first-order chi connectivity index (χ1) is 7.24. The lowest BCUT2D eigenvalue weighted by Crippen LogP contribution is -2.18. The van der Waals surface area contributed by atoms with Crippen LogP contribution >= 0.6 is 0 Å². The fraction of sp³-hybridized carbons (Fsp3) is 0.538. The van der Waals surface area contributed by atoms with Crippen molar-refractivity contribution in [3.05, 3.63) is 29.8 Å². The zero-order chi connectivity index (χ0) is 10.8. The normalized spacial score (nSPS) is 26.1. The van der Waals surface area contributed by atoms with Crippen LogP contribution in [0.1, 0.15) is 31.7 Å². The maximum atomic E-state index is 5.91. The van der Waals surface area contributed by atoms with Crippen molar-refractivity contribution >= 4 is 0 Å². The van der Waals surface area contributed by atoms with Gasteiger partial charge in [-0.25, -0.2) is 0 Å². The fourth-order valence-corrected chi connectivity index (χ4v) is 2.23. The summed E-state index contributed by atoms with van der Waals surface area (Å²) in [5.41, 5.74) is 7.24. The number of rotatable bonds is 4. The minimum Gasteiger partial charge on any atom is -0.494 e. The smallest absolute Gasteiger partial charge is 0.122 e. The summed E-state index contributed by atoms with van der Waals surface area (Å²) in [5.74, 6) is 2.30. The molecule has 0 aromatic heterocycles.